The SMILES string of the molecule is CCCCCCc1cccc(F)c1S(C)(=O)=O. The van der Waals surface area contributed by atoms with Gasteiger partial charge in [0.1, 0.15) is 10.7 Å². The molecule has 0 bridgehead atoms. The van der Waals surface area contributed by atoms with Crippen molar-refractivity contribution in [2.75, 3.05) is 6.26 Å². The maximum atomic E-state index is 13.5. The summed E-state index contributed by atoms with van der Waals surface area (Å²) in [7, 11) is -3.48. The summed E-state index contributed by atoms with van der Waals surface area (Å²) >= 11 is 0. The summed E-state index contributed by atoms with van der Waals surface area (Å²) in [5, 5.41) is 0. The fourth-order valence-electron chi connectivity index (χ4n) is 1.91. The van der Waals surface area contributed by atoms with Crippen LogP contribution in [0.1, 0.15) is 38.2 Å². The molecule has 0 fully saturated rings. The van der Waals surface area contributed by atoms with Gasteiger partial charge in [-0.25, -0.2) is 12.8 Å². The van der Waals surface area contributed by atoms with Crippen LogP contribution in [0.2, 0.25) is 0 Å². The van der Waals surface area contributed by atoms with E-state index in [9.17, 15) is 12.8 Å². The highest BCUT2D eigenvalue weighted by Crippen LogP contribution is 2.21. The highest BCUT2D eigenvalue weighted by atomic mass is 32.2. The number of hydrogen-bond acceptors (Lipinski definition) is 2. The molecule has 0 aromatic heterocycles. The maximum absolute atomic E-state index is 13.5. The van der Waals surface area contributed by atoms with Crippen LogP contribution in [0.5, 0.6) is 0 Å². The highest BCUT2D eigenvalue weighted by Gasteiger charge is 2.17. The highest BCUT2D eigenvalue weighted by molar-refractivity contribution is 7.90. The second kappa shape index (κ2) is 6.15. The molecule has 0 unspecified atom stereocenters. The number of hydrogen-bond donors (Lipinski definition) is 0. The maximum Gasteiger partial charge on any atom is 0.178 e. The average molecular weight is 258 g/mol. The zero-order valence-electron chi connectivity index (χ0n) is 10.4. The lowest BCUT2D eigenvalue weighted by Gasteiger charge is -2.08. The standard InChI is InChI=1S/C13H19FO2S/c1-3-4-5-6-8-11-9-7-10-12(14)13(11)17(2,15)16/h7,9-10H,3-6,8H2,1-2H3. The molecule has 0 spiro atoms. The Morgan fingerprint density at radius 2 is 1.88 bits per heavy atom. The van der Waals surface area contributed by atoms with Gasteiger partial charge in [0.15, 0.2) is 9.84 Å². The topological polar surface area (TPSA) is 34.1 Å². The van der Waals surface area contributed by atoms with Crippen LogP contribution >= 0.6 is 0 Å². The van der Waals surface area contributed by atoms with Crippen molar-refractivity contribution in [3.05, 3.63) is 29.6 Å². The van der Waals surface area contributed by atoms with E-state index in [1.807, 2.05) is 0 Å². The number of aryl methyl sites for hydroxylation is 1. The lowest BCUT2D eigenvalue weighted by molar-refractivity contribution is 0.563. The normalized spacial score (nSPS) is 11.7. The van der Waals surface area contributed by atoms with Gasteiger partial charge >= 0.3 is 0 Å². The van der Waals surface area contributed by atoms with Crippen molar-refractivity contribution in [2.45, 2.75) is 43.9 Å². The fourth-order valence-corrected chi connectivity index (χ4v) is 2.98. The number of unbranched alkanes of at least 4 members (excludes halogenated alkanes) is 3. The Bertz CT molecular complexity index is 466. The second-order valence-corrected chi connectivity index (χ2v) is 6.26. The molecule has 0 aliphatic rings. The molecule has 96 valence electrons. The molecule has 0 atom stereocenters. The summed E-state index contributed by atoms with van der Waals surface area (Å²) in [6.07, 6.45) is 5.89. The van der Waals surface area contributed by atoms with Gasteiger partial charge in [0.25, 0.3) is 0 Å². The lowest BCUT2D eigenvalue weighted by atomic mass is 10.1. The molecule has 0 N–H and O–H groups in total. The van der Waals surface area contributed by atoms with Gasteiger partial charge in [-0.1, -0.05) is 38.3 Å². The minimum Gasteiger partial charge on any atom is -0.224 e. The molecule has 1 aromatic rings. The number of halogens is 1. The molecule has 4 heteroatoms. The van der Waals surface area contributed by atoms with Gasteiger partial charge in [0, 0.05) is 6.26 Å². The van der Waals surface area contributed by atoms with Crippen molar-refractivity contribution in [2.24, 2.45) is 0 Å². The van der Waals surface area contributed by atoms with E-state index in [1.54, 1.807) is 12.1 Å². The van der Waals surface area contributed by atoms with E-state index in [-0.39, 0.29) is 4.90 Å². The Kier molecular flexibility index (Phi) is 5.12. The summed E-state index contributed by atoms with van der Waals surface area (Å²) in [6.45, 7) is 2.12. The van der Waals surface area contributed by atoms with Crippen LogP contribution in [0.4, 0.5) is 4.39 Å². The number of sulfone groups is 1. The van der Waals surface area contributed by atoms with Crippen LogP contribution < -0.4 is 0 Å². The molecule has 1 aromatic carbocycles. The smallest absolute Gasteiger partial charge is 0.178 e. The molecule has 0 aliphatic carbocycles. The summed E-state index contributed by atoms with van der Waals surface area (Å²) in [5.74, 6) is -0.638. The average Bonchev–Trinajstić information content (AvgIpc) is 2.22. The predicted molar refractivity (Wildman–Crippen MR) is 67.4 cm³/mol. The zero-order chi connectivity index (χ0) is 12.9. The Morgan fingerprint density at radius 3 is 2.47 bits per heavy atom. The molecule has 17 heavy (non-hydrogen) atoms. The van der Waals surface area contributed by atoms with Crippen molar-refractivity contribution < 1.29 is 12.8 Å². The van der Waals surface area contributed by atoms with E-state index >= 15 is 0 Å². The van der Waals surface area contributed by atoms with Crippen molar-refractivity contribution in [3.8, 4) is 0 Å². The van der Waals surface area contributed by atoms with E-state index in [0.29, 0.717) is 12.0 Å². The van der Waals surface area contributed by atoms with Gasteiger partial charge < -0.3 is 0 Å². The lowest BCUT2D eigenvalue weighted by Crippen LogP contribution is -2.05. The molecule has 0 heterocycles. The first-order valence-electron chi connectivity index (χ1n) is 5.94. The van der Waals surface area contributed by atoms with Crippen molar-refractivity contribution in [3.63, 3.8) is 0 Å². The van der Waals surface area contributed by atoms with Gasteiger partial charge in [0.2, 0.25) is 0 Å². The van der Waals surface area contributed by atoms with Gasteiger partial charge in [0.05, 0.1) is 0 Å². The Labute approximate surface area is 103 Å². The summed E-state index contributed by atoms with van der Waals surface area (Å²) < 4.78 is 36.6. The van der Waals surface area contributed by atoms with Crippen LogP contribution in [0.3, 0.4) is 0 Å². The third-order valence-electron chi connectivity index (χ3n) is 2.72. The molecule has 0 radical (unpaired) electrons. The van der Waals surface area contributed by atoms with E-state index in [4.69, 9.17) is 0 Å². The number of benzene rings is 1. The minimum absolute atomic E-state index is 0.128. The monoisotopic (exact) mass is 258 g/mol. The van der Waals surface area contributed by atoms with E-state index in [0.717, 1.165) is 31.9 Å². The molecule has 0 aliphatic heterocycles. The second-order valence-electron chi connectivity index (χ2n) is 4.31. The van der Waals surface area contributed by atoms with Crippen molar-refractivity contribution in [1.82, 2.24) is 0 Å². The third kappa shape index (κ3) is 4.11. The quantitative estimate of drug-likeness (QED) is 0.733. The third-order valence-corrected chi connectivity index (χ3v) is 3.92. The molecule has 2 nitrogen and oxygen atoms in total. The molecular formula is C13H19FO2S. The first kappa shape index (κ1) is 14.2. The number of rotatable bonds is 6. The predicted octanol–water partition coefficient (Wildman–Crippen LogP) is 3.35. The molecule has 0 saturated heterocycles. The first-order chi connectivity index (χ1) is 7.96. The van der Waals surface area contributed by atoms with Gasteiger partial charge in [-0.2, -0.15) is 0 Å². The van der Waals surface area contributed by atoms with Gasteiger partial charge in [-0.15, -0.1) is 0 Å². The molecule has 0 saturated carbocycles. The van der Waals surface area contributed by atoms with E-state index < -0.39 is 15.7 Å². The van der Waals surface area contributed by atoms with Crippen LogP contribution in [0, 0.1) is 5.82 Å². The van der Waals surface area contributed by atoms with Crippen molar-refractivity contribution >= 4 is 9.84 Å². The molecule has 1 rings (SSSR count). The first-order valence-corrected chi connectivity index (χ1v) is 7.83. The molecule has 0 amide bonds. The zero-order valence-corrected chi connectivity index (χ0v) is 11.2. The summed E-state index contributed by atoms with van der Waals surface area (Å²) in [6, 6.07) is 4.47. The van der Waals surface area contributed by atoms with E-state index in [1.165, 1.54) is 6.07 Å². The van der Waals surface area contributed by atoms with Crippen LogP contribution in [0.25, 0.3) is 0 Å². The summed E-state index contributed by atoms with van der Waals surface area (Å²) in [5.41, 5.74) is 0.601. The van der Waals surface area contributed by atoms with Crippen LogP contribution in [-0.4, -0.2) is 14.7 Å². The van der Waals surface area contributed by atoms with Gasteiger partial charge in [-0.05, 0) is 24.5 Å². The minimum atomic E-state index is -3.48. The summed E-state index contributed by atoms with van der Waals surface area (Å²) in [4.78, 5) is -0.128. The van der Waals surface area contributed by atoms with Crippen LogP contribution in [-0.2, 0) is 16.3 Å². The van der Waals surface area contributed by atoms with Gasteiger partial charge in [-0.3, -0.25) is 0 Å². The van der Waals surface area contributed by atoms with Crippen molar-refractivity contribution in [1.29, 1.82) is 0 Å². The Hall–Kier alpha value is -0.900. The Balaban J connectivity index is 2.89. The Morgan fingerprint density at radius 1 is 1.18 bits per heavy atom. The van der Waals surface area contributed by atoms with Crippen LogP contribution in [0.15, 0.2) is 23.1 Å². The fraction of sp³-hybridized carbons (Fsp3) is 0.538. The largest absolute Gasteiger partial charge is 0.224 e. The molecular weight excluding hydrogens is 239 g/mol. The van der Waals surface area contributed by atoms with E-state index in [2.05, 4.69) is 6.92 Å².